The quantitative estimate of drug-likeness (QED) is 0.587. The third-order valence-electron chi connectivity index (χ3n) is 4.42. The highest BCUT2D eigenvalue weighted by Gasteiger charge is 2.19. The third-order valence-corrected chi connectivity index (χ3v) is 4.42. The van der Waals surface area contributed by atoms with E-state index in [1.54, 1.807) is 0 Å². The summed E-state index contributed by atoms with van der Waals surface area (Å²) in [5.74, 6) is 0.938. The van der Waals surface area contributed by atoms with Crippen LogP contribution in [0.5, 0.6) is 0 Å². The summed E-state index contributed by atoms with van der Waals surface area (Å²) in [6, 6.07) is 15.8. The summed E-state index contributed by atoms with van der Waals surface area (Å²) in [6.45, 7) is 9.82. The molecule has 134 valence electrons. The fraction of sp³-hybridized carbons (Fsp3) is 0.273. The van der Waals surface area contributed by atoms with Crippen molar-refractivity contribution in [2.75, 3.05) is 6.54 Å². The second kappa shape index (κ2) is 8.00. The fourth-order valence-electron chi connectivity index (χ4n) is 3.23. The third kappa shape index (κ3) is 3.69. The number of aryl methyl sites for hydroxylation is 1. The first-order valence-electron chi connectivity index (χ1n) is 9.05. The lowest BCUT2D eigenvalue weighted by Crippen LogP contribution is -2.32. The lowest BCUT2D eigenvalue weighted by atomic mass is 10.1. The summed E-state index contributed by atoms with van der Waals surface area (Å²) in [7, 11) is 0. The van der Waals surface area contributed by atoms with Gasteiger partial charge in [0.2, 0.25) is 0 Å². The maximum Gasteiger partial charge on any atom is 0.254 e. The number of allylic oxidation sites excluding steroid dienone is 1. The summed E-state index contributed by atoms with van der Waals surface area (Å²) in [6.07, 6.45) is 2.77. The monoisotopic (exact) mass is 347 g/mol. The molecule has 1 aromatic heterocycles. The number of hydrogen-bond donors (Lipinski definition) is 0. The first-order chi connectivity index (χ1) is 12.6. The molecule has 4 nitrogen and oxygen atoms in total. The number of hydrogen-bond acceptors (Lipinski definition) is 2. The van der Waals surface area contributed by atoms with Gasteiger partial charge in [-0.3, -0.25) is 4.79 Å². The average Bonchev–Trinajstić information content (AvgIpc) is 2.98. The molecule has 1 amide bonds. The van der Waals surface area contributed by atoms with Crippen LogP contribution in [0, 0.1) is 6.92 Å². The van der Waals surface area contributed by atoms with E-state index in [1.165, 1.54) is 0 Å². The van der Waals surface area contributed by atoms with Crippen LogP contribution in [0.25, 0.3) is 11.0 Å². The normalized spacial score (nSPS) is 10.8. The Morgan fingerprint density at radius 1 is 1.23 bits per heavy atom. The number of imidazole rings is 1. The molecule has 0 aliphatic rings. The van der Waals surface area contributed by atoms with Crippen LogP contribution >= 0.6 is 0 Å². The molecule has 0 fully saturated rings. The van der Waals surface area contributed by atoms with Crippen molar-refractivity contribution in [3.8, 4) is 0 Å². The van der Waals surface area contributed by atoms with E-state index >= 15 is 0 Å². The Labute approximate surface area is 154 Å². The van der Waals surface area contributed by atoms with Gasteiger partial charge < -0.3 is 9.47 Å². The Morgan fingerprint density at radius 2 is 2.04 bits per heavy atom. The van der Waals surface area contributed by atoms with Gasteiger partial charge in [-0.05, 0) is 37.6 Å². The molecule has 1 heterocycles. The van der Waals surface area contributed by atoms with E-state index in [-0.39, 0.29) is 5.91 Å². The predicted octanol–water partition coefficient (Wildman–Crippen LogP) is 4.58. The molecule has 26 heavy (non-hydrogen) atoms. The smallest absolute Gasteiger partial charge is 0.254 e. The summed E-state index contributed by atoms with van der Waals surface area (Å²) >= 11 is 0. The van der Waals surface area contributed by atoms with Crippen LogP contribution < -0.4 is 0 Å². The van der Waals surface area contributed by atoms with E-state index in [4.69, 9.17) is 4.98 Å². The second-order valence-corrected chi connectivity index (χ2v) is 6.51. The molecule has 0 spiro atoms. The second-order valence-electron chi connectivity index (χ2n) is 6.51. The molecule has 3 aromatic rings. The summed E-state index contributed by atoms with van der Waals surface area (Å²) in [5, 5.41) is 0. The van der Waals surface area contributed by atoms with E-state index in [1.807, 2.05) is 60.4 Å². The number of benzene rings is 2. The van der Waals surface area contributed by atoms with Gasteiger partial charge in [0.1, 0.15) is 5.82 Å². The Morgan fingerprint density at radius 3 is 2.77 bits per heavy atom. The van der Waals surface area contributed by atoms with Gasteiger partial charge in [-0.15, -0.1) is 6.58 Å². The Hall–Kier alpha value is -2.88. The summed E-state index contributed by atoms with van der Waals surface area (Å²) < 4.78 is 2.13. The minimum absolute atomic E-state index is 0.0489. The Balaban J connectivity index is 1.95. The van der Waals surface area contributed by atoms with Crippen LogP contribution in [0.15, 0.2) is 61.2 Å². The molecule has 2 aromatic carbocycles. The number of aromatic nitrogens is 2. The lowest BCUT2D eigenvalue weighted by molar-refractivity contribution is 0.0737. The number of para-hydroxylation sites is 2. The maximum atomic E-state index is 13.0. The van der Waals surface area contributed by atoms with E-state index < -0.39 is 0 Å². The highest BCUT2D eigenvalue weighted by molar-refractivity contribution is 5.94. The number of carbonyl (C=O) groups excluding carboxylic acids is 1. The van der Waals surface area contributed by atoms with Crippen LogP contribution in [0.3, 0.4) is 0 Å². The van der Waals surface area contributed by atoms with Crippen molar-refractivity contribution in [2.45, 2.75) is 33.4 Å². The van der Waals surface area contributed by atoms with Crippen LogP contribution in [-0.4, -0.2) is 26.9 Å². The lowest BCUT2D eigenvalue weighted by Gasteiger charge is -2.22. The van der Waals surface area contributed by atoms with E-state index in [9.17, 15) is 4.79 Å². The van der Waals surface area contributed by atoms with Crippen molar-refractivity contribution in [3.05, 3.63) is 78.1 Å². The minimum Gasteiger partial charge on any atom is -0.331 e. The first kappa shape index (κ1) is 17.9. The topological polar surface area (TPSA) is 38.1 Å². The van der Waals surface area contributed by atoms with Gasteiger partial charge in [0.15, 0.2) is 0 Å². The summed E-state index contributed by atoms with van der Waals surface area (Å²) in [4.78, 5) is 19.7. The molecular weight excluding hydrogens is 322 g/mol. The van der Waals surface area contributed by atoms with E-state index in [0.717, 1.165) is 34.4 Å². The van der Waals surface area contributed by atoms with Crippen molar-refractivity contribution in [2.24, 2.45) is 0 Å². The largest absolute Gasteiger partial charge is 0.331 e. The van der Waals surface area contributed by atoms with Crippen LogP contribution in [-0.2, 0) is 13.1 Å². The SMILES string of the molecule is C=CCn1c(CN(CCC)C(=O)c2cccc(C)c2)nc2ccccc21. The molecule has 0 radical (unpaired) electrons. The van der Waals surface area contributed by atoms with Crippen LogP contribution in [0.4, 0.5) is 0 Å². The molecule has 0 bridgehead atoms. The van der Waals surface area contributed by atoms with Crippen molar-refractivity contribution in [1.82, 2.24) is 14.5 Å². The number of nitrogens with zero attached hydrogens (tertiary/aromatic N) is 3. The zero-order chi connectivity index (χ0) is 18.5. The van der Waals surface area contributed by atoms with Gasteiger partial charge in [-0.25, -0.2) is 4.98 Å². The molecule has 0 N–H and O–H groups in total. The van der Waals surface area contributed by atoms with Gasteiger partial charge in [0.05, 0.1) is 17.6 Å². The van der Waals surface area contributed by atoms with Crippen molar-refractivity contribution in [1.29, 1.82) is 0 Å². The Bertz CT molecular complexity index is 926. The highest BCUT2D eigenvalue weighted by atomic mass is 16.2. The van der Waals surface area contributed by atoms with Gasteiger partial charge in [-0.2, -0.15) is 0 Å². The molecule has 0 atom stereocenters. The van der Waals surface area contributed by atoms with E-state index in [2.05, 4.69) is 24.1 Å². The molecule has 3 rings (SSSR count). The fourth-order valence-corrected chi connectivity index (χ4v) is 3.23. The molecule has 4 heteroatoms. The average molecular weight is 347 g/mol. The van der Waals surface area contributed by atoms with Gasteiger partial charge >= 0.3 is 0 Å². The first-order valence-corrected chi connectivity index (χ1v) is 9.05. The zero-order valence-electron chi connectivity index (χ0n) is 15.5. The molecule has 0 aliphatic heterocycles. The van der Waals surface area contributed by atoms with E-state index in [0.29, 0.717) is 19.6 Å². The number of fused-ring (bicyclic) bond motifs is 1. The van der Waals surface area contributed by atoms with Gasteiger partial charge in [0.25, 0.3) is 5.91 Å². The van der Waals surface area contributed by atoms with Crippen LogP contribution in [0.2, 0.25) is 0 Å². The molecule has 0 aliphatic carbocycles. The van der Waals surface area contributed by atoms with Crippen molar-refractivity contribution in [3.63, 3.8) is 0 Å². The molecule has 0 unspecified atom stereocenters. The zero-order valence-corrected chi connectivity index (χ0v) is 15.5. The number of amides is 1. The number of rotatable bonds is 7. The molecule has 0 saturated carbocycles. The van der Waals surface area contributed by atoms with Crippen molar-refractivity contribution < 1.29 is 4.79 Å². The van der Waals surface area contributed by atoms with Crippen LogP contribution in [0.1, 0.15) is 35.1 Å². The standard InChI is InChI=1S/C22H25N3O/c1-4-13-24(22(26)18-10-8-9-17(3)15-18)16-21-23-19-11-6-7-12-20(19)25(21)14-5-2/h5-12,15H,2,4,13-14,16H2,1,3H3. The van der Waals surface area contributed by atoms with Crippen molar-refractivity contribution >= 4 is 16.9 Å². The van der Waals surface area contributed by atoms with Gasteiger partial charge in [0, 0.05) is 18.7 Å². The summed E-state index contributed by atoms with van der Waals surface area (Å²) in [5.41, 5.74) is 3.83. The molecular formula is C22H25N3O. The Kier molecular flexibility index (Phi) is 5.52. The highest BCUT2D eigenvalue weighted by Crippen LogP contribution is 2.19. The van der Waals surface area contributed by atoms with Gasteiger partial charge in [-0.1, -0.05) is 42.8 Å². The molecule has 0 saturated heterocycles. The number of carbonyl (C=O) groups is 1. The minimum atomic E-state index is 0.0489. The maximum absolute atomic E-state index is 13.0. The predicted molar refractivity (Wildman–Crippen MR) is 106 cm³/mol.